The molecule has 134 valence electrons. The van der Waals surface area contributed by atoms with E-state index >= 15 is 0 Å². The Hall–Kier alpha value is -2.29. The van der Waals surface area contributed by atoms with Gasteiger partial charge >= 0.3 is 0 Å². The predicted molar refractivity (Wildman–Crippen MR) is 92.8 cm³/mol. The number of hydrogen-bond donors (Lipinski definition) is 3. The van der Waals surface area contributed by atoms with E-state index in [1.54, 1.807) is 12.2 Å². The third-order valence-electron chi connectivity index (χ3n) is 3.55. The summed E-state index contributed by atoms with van der Waals surface area (Å²) in [5, 5.41) is 11.8. The molecular formula is C16H18ClFN4O3. The molecule has 0 fully saturated rings. The van der Waals surface area contributed by atoms with Crippen molar-refractivity contribution in [2.24, 2.45) is 5.73 Å². The Morgan fingerprint density at radius 1 is 1.52 bits per heavy atom. The van der Waals surface area contributed by atoms with Gasteiger partial charge in [-0.05, 0) is 19.1 Å². The number of hydrogen-bond acceptors (Lipinski definition) is 5. The van der Waals surface area contributed by atoms with Crippen molar-refractivity contribution < 1.29 is 14.3 Å². The number of aromatic nitrogens is 2. The van der Waals surface area contributed by atoms with E-state index in [0.29, 0.717) is 5.52 Å². The summed E-state index contributed by atoms with van der Waals surface area (Å²) in [5.41, 5.74) is 5.40. The number of aliphatic hydroxyl groups excluding tert-OH is 1. The average Bonchev–Trinajstić information content (AvgIpc) is 2.57. The number of fused-ring (bicyclic) bond motifs is 1. The Balaban J connectivity index is 2.02. The van der Waals surface area contributed by atoms with Crippen molar-refractivity contribution >= 4 is 28.4 Å². The van der Waals surface area contributed by atoms with Crippen LogP contribution in [0.2, 0.25) is 5.02 Å². The van der Waals surface area contributed by atoms with Crippen LogP contribution < -0.4 is 16.6 Å². The van der Waals surface area contributed by atoms with E-state index in [2.05, 4.69) is 10.3 Å². The topological polar surface area (TPSA) is 110 Å². The standard InChI is InChI=1S/C16H18ClFN4O3/c1-9(23)14(19)15(24)20-4-2-3-5-22-8-21-13-7-11(17)12(18)6-10(13)16(22)25/h2-3,6-9,14,23H,4-5,19H2,1H3,(H,20,24)/b3-2+/t9-,14+/m1/s1. The molecule has 0 radical (unpaired) electrons. The zero-order valence-corrected chi connectivity index (χ0v) is 14.2. The van der Waals surface area contributed by atoms with Gasteiger partial charge in [0.25, 0.3) is 5.56 Å². The smallest absolute Gasteiger partial charge is 0.261 e. The highest BCUT2D eigenvalue weighted by atomic mass is 35.5. The Morgan fingerprint density at radius 3 is 2.92 bits per heavy atom. The second-order valence-corrected chi connectivity index (χ2v) is 5.88. The van der Waals surface area contributed by atoms with Crippen molar-refractivity contribution in [2.75, 3.05) is 6.54 Å². The van der Waals surface area contributed by atoms with Crippen LogP contribution in [0.1, 0.15) is 6.92 Å². The Morgan fingerprint density at radius 2 is 2.24 bits per heavy atom. The van der Waals surface area contributed by atoms with Gasteiger partial charge in [0, 0.05) is 13.1 Å². The lowest BCUT2D eigenvalue weighted by Gasteiger charge is -2.13. The number of carbonyl (C=O) groups excluding carboxylic acids is 1. The van der Waals surface area contributed by atoms with Crippen LogP contribution in [0.4, 0.5) is 4.39 Å². The average molecular weight is 369 g/mol. The Labute approximate surface area is 147 Å². The summed E-state index contributed by atoms with van der Waals surface area (Å²) in [6.07, 6.45) is 3.67. The van der Waals surface area contributed by atoms with Gasteiger partial charge in [0.05, 0.1) is 28.4 Å². The highest BCUT2D eigenvalue weighted by Crippen LogP contribution is 2.18. The molecule has 2 rings (SSSR count). The lowest BCUT2D eigenvalue weighted by atomic mass is 10.2. The minimum Gasteiger partial charge on any atom is -0.391 e. The fourth-order valence-corrected chi connectivity index (χ4v) is 2.21. The number of benzene rings is 1. The molecule has 2 atom stereocenters. The molecule has 0 spiro atoms. The van der Waals surface area contributed by atoms with E-state index in [1.807, 2.05) is 0 Å². The first-order chi connectivity index (χ1) is 11.8. The molecule has 0 bridgehead atoms. The lowest BCUT2D eigenvalue weighted by Crippen LogP contribution is -2.47. The first kappa shape index (κ1) is 19.0. The van der Waals surface area contributed by atoms with Gasteiger partial charge < -0.3 is 16.2 Å². The number of carbonyl (C=O) groups is 1. The summed E-state index contributed by atoms with van der Waals surface area (Å²) in [5.74, 6) is -1.16. The van der Waals surface area contributed by atoms with Crippen LogP contribution in [0.5, 0.6) is 0 Å². The molecule has 1 aromatic carbocycles. The number of allylic oxidation sites excluding steroid dienone is 1. The SMILES string of the molecule is C[C@@H](O)[C@H](N)C(=O)NC/C=C/Cn1cnc2cc(Cl)c(F)cc2c1=O. The number of rotatable bonds is 6. The second kappa shape index (κ2) is 8.19. The minimum atomic E-state index is -0.998. The molecule has 0 aliphatic heterocycles. The monoisotopic (exact) mass is 368 g/mol. The van der Waals surface area contributed by atoms with Gasteiger partial charge in [0.2, 0.25) is 5.91 Å². The van der Waals surface area contributed by atoms with Crippen LogP contribution >= 0.6 is 11.6 Å². The molecule has 1 heterocycles. The number of nitrogens with one attached hydrogen (secondary N) is 1. The van der Waals surface area contributed by atoms with Crippen LogP contribution in [-0.2, 0) is 11.3 Å². The van der Waals surface area contributed by atoms with E-state index in [0.717, 1.165) is 6.07 Å². The summed E-state index contributed by atoms with van der Waals surface area (Å²) in [4.78, 5) is 27.9. The maximum absolute atomic E-state index is 13.5. The van der Waals surface area contributed by atoms with Crippen molar-refractivity contribution in [1.82, 2.24) is 14.9 Å². The predicted octanol–water partition coefficient (Wildman–Crippen LogP) is 0.570. The van der Waals surface area contributed by atoms with Crippen LogP contribution in [0.15, 0.2) is 35.4 Å². The molecule has 1 aromatic heterocycles. The lowest BCUT2D eigenvalue weighted by molar-refractivity contribution is -0.124. The van der Waals surface area contributed by atoms with Crippen LogP contribution in [-0.4, -0.2) is 39.3 Å². The van der Waals surface area contributed by atoms with Gasteiger partial charge in [-0.25, -0.2) is 9.37 Å². The molecule has 1 amide bonds. The first-order valence-corrected chi connectivity index (χ1v) is 7.89. The molecular weight excluding hydrogens is 351 g/mol. The van der Waals surface area contributed by atoms with Crippen LogP contribution in [0.3, 0.4) is 0 Å². The third-order valence-corrected chi connectivity index (χ3v) is 3.84. The quantitative estimate of drug-likeness (QED) is 0.646. The zero-order chi connectivity index (χ0) is 18.6. The number of nitrogens with two attached hydrogens (primary N) is 1. The summed E-state index contributed by atoms with van der Waals surface area (Å²) >= 11 is 5.67. The van der Waals surface area contributed by atoms with E-state index in [4.69, 9.17) is 17.3 Å². The van der Waals surface area contributed by atoms with E-state index in [9.17, 15) is 19.1 Å². The molecule has 4 N–H and O–H groups in total. The van der Waals surface area contributed by atoms with Crippen LogP contribution in [0.25, 0.3) is 10.9 Å². The summed E-state index contributed by atoms with van der Waals surface area (Å²) in [6.45, 7) is 1.82. The highest BCUT2D eigenvalue weighted by molar-refractivity contribution is 6.31. The van der Waals surface area contributed by atoms with Crippen molar-refractivity contribution in [3.8, 4) is 0 Å². The molecule has 0 aliphatic carbocycles. The molecule has 7 nitrogen and oxygen atoms in total. The molecule has 0 saturated carbocycles. The van der Waals surface area contributed by atoms with Gasteiger partial charge in [-0.1, -0.05) is 23.8 Å². The number of nitrogens with zero attached hydrogens (tertiary/aromatic N) is 2. The summed E-state index contributed by atoms with van der Waals surface area (Å²) in [7, 11) is 0. The van der Waals surface area contributed by atoms with E-state index in [1.165, 1.54) is 23.9 Å². The summed E-state index contributed by atoms with van der Waals surface area (Å²) in [6, 6.07) is 1.36. The molecule has 2 aromatic rings. The summed E-state index contributed by atoms with van der Waals surface area (Å²) < 4.78 is 14.8. The molecule has 0 saturated heterocycles. The fourth-order valence-electron chi connectivity index (χ4n) is 2.05. The van der Waals surface area contributed by atoms with Crippen molar-refractivity contribution in [2.45, 2.75) is 25.6 Å². The third kappa shape index (κ3) is 4.62. The van der Waals surface area contributed by atoms with Gasteiger partial charge in [-0.2, -0.15) is 0 Å². The van der Waals surface area contributed by atoms with Gasteiger partial charge in [0.1, 0.15) is 11.9 Å². The molecule has 0 aliphatic rings. The van der Waals surface area contributed by atoms with E-state index < -0.39 is 29.4 Å². The number of halogens is 2. The molecule has 0 unspecified atom stereocenters. The Bertz CT molecular complexity index is 866. The maximum Gasteiger partial charge on any atom is 0.261 e. The van der Waals surface area contributed by atoms with E-state index in [-0.39, 0.29) is 23.5 Å². The van der Waals surface area contributed by atoms with Gasteiger partial charge in [-0.15, -0.1) is 0 Å². The largest absolute Gasteiger partial charge is 0.391 e. The normalized spacial score (nSPS) is 14.0. The van der Waals surface area contributed by atoms with Gasteiger partial charge in [0.15, 0.2) is 0 Å². The highest BCUT2D eigenvalue weighted by Gasteiger charge is 2.17. The van der Waals surface area contributed by atoms with Gasteiger partial charge in [-0.3, -0.25) is 14.2 Å². The van der Waals surface area contributed by atoms with Crippen molar-refractivity contribution in [3.63, 3.8) is 0 Å². The molecule has 25 heavy (non-hydrogen) atoms. The van der Waals surface area contributed by atoms with Crippen molar-refractivity contribution in [3.05, 3.63) is 51.8 Å². The zero-order valence-electron chi connectivity index (χ0n) is 13.4. The fraction of sp³-hybridized carbons (Fsp3) is 0.312. The first-order valence-electron chi connectivity index (χ1n) is 7.52. The Kier molecular flexibility index (Phi) is 6.24. The minimum absolute atomic E-state index is 0.0943. The van der Waals surface area contributed by atoms with Crippen LogP contribution in [0, 0.1) is 5.82 Å². The number of amides is 1. The maximum atomic E-state index is 13.5. The second-order valence-electron chi connectivity index (χ2n) is 5.47. The molecule has 9 heteroatoms. The van der Waals surface area contributed by atoms with Crippen molar-refractivity contribution in [1.29, 1.82) is 0 Å². The number of aliphatic hydroxyl groups is 1.